The lowest BCUT2D eigenvalue weighted by Gasteiger charge is -2.32. The molecule has 1 aromatic rings. The Labute approximate surface area is 125 Å². The number of aliphatic hydroxyl groups is 1. The van der Waals surface area contributed by atoms with E-state index in [9.17, 15) is 8.42 Å². The molecule has 21 heavy (non-hydrogen) atoms. The normalized spacial score (nSPS) is 20.9. The molecular weight excluding hydrogens is 294 g/mol. The third-order valence-corrected chi connectivity index (χ3v) is 5.98. The van der Waals surface area contributed by atoms with E-state index in [-0.39, 0.29) is 17.5 Å². The van der Waals surface area contributed by atoms with Crippen LogP contribution >= 0.6 is 0 Å². The van der Waals surface area contributed by atoms with Crippen molar-refractivity contribution in [2.24, 2.45) is 0 Å². The van der Waals surface area contributed by atoms with Crippen LogP contribution in [-0.4, -0.2) is 60.0 Å². The van der Waals surface area contributed by atoms with E-state index in [2.05, 4.69) is 5.10 Å². The van der Waals surface area contributed by atoms with Crippen molar-refractivity contribution in [2.75, 3.05) is 26.4 Å². The second-order valence-electron chi connectivity index (χ2n) is 5.34. The number of hydrogen-bond donors (Lipinski definition) is 1. The minimum absolute atomic E-state index is 0.0565. The van der Waals surface area contributed by atoms with E-state index < -0.39 is 10.0 Å². The summed E-state index contributed by atoms with van der Waals surface area (Å²) in [7, 11) is -3.57. The summed E-state index contributed by atoms with van der Waals surface area (Å²) in [5, 5.41) is 13.2. The zero-order valence-electron chi connectivity index (χ0n) is 12.7. The fourth-order valence-electron chi connectivity index (χ4n) is 2.68. The lowest BCUT2D eigenvalue weighted by Crippen LogP contribution is -2.47. The van der Waals surface area contributed by atoms with Gasteiger partial charge in [0.1, 0.15) is 4.90 Å². The molecule has 1 atom stereocenters. The molecule has 0 radical (unpaired) electrons. The minimum Gasteiger partial charge on any atom is -0.396 e. The molecule has 0 bridgehead atoms. The standard InChI is InChI=1S/C13H23N3O4S/c1-10-9-20-8-6-16(10)21(18,19)13-11(2)14-15(12(13)3)5-4-7-17/h10,17H,4-9H2,1-3H3. The van der Waals surface area contributed by atoms with Crippen LogP contribution < -0.4 is 0 Å². The Bertz CT molecular complexity index is 597. The first kappa shape index (κ1) is 16.4. The van der Waals surface area contributed by atoms with Gasteiger partial charge in [-0.3, -0.25) is 4.68 Å². The molecule has 1 N–H and O–H groups in total. The van der Waals surface area contributed by atoms with Crippen molar-refractivity contribution in [2.45, 2.75) is 44.7 Å². The van der Waals surface area contributed by atoms with Crippen molar-refractivity contribution in [3.05, 3.63) is 11.4 Å². The van der Waals surface area contributed by atoms with Gasteiger partial charge in [0.15, 0.2) is 0 Å². The lowest BCUT2D eigenvalue weighted by molar-refractivity contribution is 0.0392. The van der Waals surface area contributed by atoms with E-state index in [1.165, 1.54) is 4.31 Å². The van der Waals surface area contributed by atoms with Crippen LogP contribution in [0.15, 0.2) is 4.90 Å². The lowest BCUT2D eigenvalue weighted by atomic mass is 10.3. The van der Waals surface area contributed by atoms with Crippen molar-refractivity contribution in [1.29, 1.82) is 0 Å². The third kappa shape index (κ3) is 3.13. The van der Waals surface area contributed by atoms with E-state index in [4.69, 9.17) is 9.84 Å². The Balaban J connectivity index is 2.38. The third-order valence-electron chi connectivity index (χ3n) is 3.72. The monoisotopic (exact) mass is 317 g/mol. The molecule has 0 amide bonds. The molecule has 1 saturated heterocycles. The zero-order valence-corrected chi connectivity index (χ0v) is 13.6. The highest BCUT2D eigenvalue weighted by molar-refractivity contribution is 7.89. The highest BCUT2D eigenvalue weighted by atomic mass is 32.2. The number of hydrogen-bond acceptors (Lipinski definition) is 5. The number of nitrogens with zero attached hydrogens (tertiary/aromatic N) is 3. The first-order valence-corrected chi connectivity index (χ1v) is 8.58. The molecule has 2 heterocycles. The van der Waals surface area contributed by atoms with Gasteiger partial charge in [0.2, 0.25) is 10.0 Å². The summed E-state index contributed by atoms with van der Waals surface area (Å²) in [4.78, 5) is 0.286. The van der Waals surface area contributed by atoms with Crippen LogP contribution in [0.3, 0.4) is 0 Å². The van der Waals surface area contributed by atoms with Crippen LogP contribution in [0, 0.1) is 13.8 Å². The van der Waals surface area contributed by atoms with Crippen molar-refractivity contribution < 1.29 is 18.3 Å². The molecule has 0 spiro atoms. The molecule has 1 unspecified atom stereocenters. The Kier molecular flexibility index (Phi) is 5.03. The highest BCUT2D eigenvalue weighted by Crippen LogP contribution is 2.26. The summed E-state index contributed by atoms with van der Waals surface area (Å²) >= 11 is 0. The summed E-state index contributed by atoms with van der Waals surface area (Å²) in [6, 6.07) is -0.177. The van der Waals surface area contributed by atoms with Gasteiger partial charge in [-0.05, 0) is 27.2 Å². The van der Waals surface area contributed by atoms with E-state index in [1.54, 1.807) is 18.5 Å². The SMILES string of the molecule is Cc1nn(CCCO)c(C)c1S(=O)(=O)N1CCOCC1C. The van der Waals surface area contributed by atoms with Crippen molar-refractivity contribution >= 4 is 10.0 Å². The Morgan fingerprint density at radius 1 is 1.43 bits per heavy atom. The first-order chi connectivity index (χ1) is 9.89. The molecule has 1 fully saturated rings. The molecule has 1 aliphatic rings. The van der Waals surface area contributed by atoms with Crippen molar-refractivity contribution in [3.63, 3.8) is 0 Å². The maximum atomic E-state index is 12.9. The topological polar surface area (TPSA) is 84.7 Å². The molecule has 1 aromatic heterocycles. The van der Waals surface area contributed by atoms with Gasteiger partial charge in [-0.1, -0.05) is 0 Å². The summed E-state index contributed by atoms with van der Waals surface area (Å²) in [5.41, 5.74) is 1.13. The molecule has 8 heteroatoms. The number of ether oxygens (including phenoxy) is 1. The van der Waals surface area contributed by atoms with Crippen LogP contribution in [0.25, 0.3) is 0 Å². The molecule has 0 saturated carbocycles. The molecule has 1 aliphatic heterocycles. The van der Waals surface area contributed by atoms with Gasteiger partial charge in [0.05, 0.1) is 24.6 Å². The molecular formula is C13H23N3O4S. The maximum Gasteiger partial charge on any atom is 0.247 e. The number of aryl methyl sites for hydroxylation is 2. The Morgan fingerprint density at radius 3 is 2.76 bits per heavy atom. The van der Waals surface area contributed by atoms with Crippen LogP contribution in [0.5, 0.6) is 0 Å². The van der Waals surface area contributed by atoms with Gasteiger partial charge in [0.25, 0.3) is 0 Å². The van der Waals surface area contributed by atoms with Gasteiger partial charge >= 0.3 is 0 Å². The van der Waals surface area contributed by atoms with Crippen LogP contribution in [0.2, 0.25) is 0 Å². The average molecular weight is 317 g/mol. The molecule has 7 nitrogen and oxygen atoms in total. The van der Waals surface area contributed by atoms with E-state index in [0.717, 1.165) is 0 Å². The Morgan fingerprint density at radius 2 is 2.14 bits per heavy atom. The summed E-state index contributed by atoms with van der Waals surface area (Å²) in [6.07, 6.45) is 0.551. The number of aliphatic hydroxyl groups excluding tert-OH is 1. The second kappa shape index (κ2) is 6.43. The number of morpholine rings is 1. The number of rotatable bonds is 5. The van der Waals surface area contributed by atoms with Crippen LogP contribution in [0.4, 0.5) is 0 Å². The van der Waals surface area contributed by atoms with Crippen molar-refractivity contribution in [3.8, 4) is 0 Å². The quantitative estimate of drug-likeness (QED) is 0.844. The van der Waals surface area contributed by atoms with Crippen molar-refractivity contribution in [1.82, 2.24) is 14.1 Å². The van der Waals surface area contributed by atoms with Gasteiger partial charge in [-0.25, -0.2) is 8.42 Å². The number of sulfonamides is 1. The van der Waals surface area contributed by atoms with Gasteiger partial charge < -0.3 is 9.84 Å². The molecule has 2 rings (SSSR count). The van der Waals surface area contributed by atoms with E-state index >= 15 is 0 Å². The summed E-state index contributed by atoms with van der Waals surface area (Å²) < 4.78 is 34.2. The second-order valence-corrected chi connectivity index (χ2v) is 7.17. The number of aromatic nitrogens is 2. The fourth-order valence-corrected chi connectivity index (χ4v) is 4.66. The predicted molar refractivity (Wildman–Crippen MR) is 77.6 cm³/mol. The predicted octanol–water partition coefficient (Wildman–Crippen LogP) is 0.292. The first-order valence-electron chi connectivity index (χ1n) is 7.14. The molecule has 0 aliphatic carbocycles. The summed E-state index contributed by atoms with van der Waals surface area (Å²) in [5.74, 6) is 0. The smallest absolute Gasteiger partial charge is 0.247 e. The highest BCUT2D eigenvalue weighted by Gasteiger charge is 2.35. The maximum absolute atomic E-state index is 12.9. The largest absolute Gasteiger partial charge is 0.396 e. The van der Waals surface area contributed by atoms with Crippen LogP contribution in [0.1, 0.15) is 24.7 Å². The molecule has 0 aromatic carbocycles. The fraction of sp³-hybridized carbons (Fsp3) is 0.769. The van der Waals surface area contributed by atoms with E-state index in [1.807, 2.05) is 6.92 Å². The van der Waals surface area contributed by atoms with E-state index in [0.29, 0.717) is 44.1 Å². The van der Waals surface area contributed by atoms with Crippen LogP contribution in [-0.2, 0) is 21.3 Å². The van der Waals surface area contributed by atoms with Gasteiger partial charge in [0, 0.05) is 25.7 Å². The molecule has 120 valence electrons. The summed E-state index contributed by atoms with van der Waals surface area (Å²) in [6.45, 7) is 7.08. The van der Waals surface area contributed by atoms with Gasteiger partial charge in [-0.2, -0.15) is 9.40 Å². The minimum atomic E-state index is -3.57. The van der Waals surface area contributed by atoms with Gasteiger partial charge in [-0.15, -0.1) is 0 Å². The Hall–Kier alpha value is -0.960. The zero-order chi connectivity index (χ0) is 15.6. The average Bonchev–Trinajstić information content (AvgIpc) is 2.71.